The molecule has 2 heterocycles. The van der Waals surface area contributed by atoms with Crippen molar-refractivity contribution in [2.75, 3.05) is 13.2 Å². The fraction of sp³-hybridized carbons (Fsp3) is 0.414. The van der Waals surface area contributed by atoms with Gasteiger partial charge in [0.2, 0.25) is 11.8 Å². The highest BCUT2D eigenvalue weighted by Gasteiger charge is 2.35. The topological polar surface area (TPSA) is 90.8 Å². The zero-order valence-corrected chi connectivity index (χ0v) is 22.4. The van der Waals surface area contributed by atoms with E-state index in [0.29, 0.717) is 36.0 Å². The summed E-state index contributed by atoms with van der Waals surface area (Å²) in [5.41, 5.74) is 1.44. The maximum Gasteiger partial charge on any atom is 0.417 e. The van der Waals surface area contributed by atoms with Crippen molar-refractivity contribution in [3.8, 4) is 22.9 Å². The third-order valence-electron chi connectivity index (χ3n) is 5.81. The molecule has 2 aromatic heterocycles. The lowest BCUT2D eigenvalue weighted by atomic mass is 10.00. The highest BCUT2D eigenvalue weighted by atomic mass is 19.4. The number of hydrogen-bond donors (Lipinski definition) is 1. The minimum atomic E-state index is -4.61. The van der Waals surface area contributed by atoms with Crippen molar-refractivity contribution in [3.63, 3.8) is 0 Å². The average Bonchev–Trinajstić information content (AvgIpc) is 3.25. The second-order valence-corrected chi connectivity index (χ2v) is 10.0. The van der Waals surface area contributed by atoms with E-state index in [1.54, 1.807) is 31.2 Å². The predicted molar refractivity (Wildman–Crippen MR) is 139 cm³/mol. The maximum atomic E-state index is 13.8. The second kappa shape index (κ2) is 12.9. The Labute approximate surface area is 226 Å². The van der Waals surface area contributed by atoms with Crippen LogP contribution in [0.3, 0.4) is 0 Å². The number of fused-ring (bicyclic) bond motifs is 1. The van der Waals surface area contributed by atoms with Crippen LogP contribution in [0.5, 0.6) is 11.8 Å². The number of pyridine rings is 2. The molecule has 1 aliphatic carbocycles. The second-order valence-electron chi connectivity index (χ2n) is 10.0. The summed E-state index contributed by atoms with van der Waals surface area (Å²) < 4.78 is 56.7. The number of aliphatic hydroxyl groups is 1. The normalized spacial score (nSPS) is 14.6. The van der Waals surface area contributed by atoms with Gasteiger partial charge in [-0.25, -0.2) is 9.97 Å². The lowest BCUT2D eigenvalue weighted by Crippen LogP contribution is -2.28. The number of ether oxygens (including phenoxy) is 3. The Kier molecular flexibility index (Phi) is 9.91. The van der Waals surface area contributed by atoms with Crippen LogP contribution in [-0.4, -0.2) is 40.4 Å². The summed E-state index contributed by atoms with van der Waals surface area (Å²) in [4.78, 5) is 17.6. The molecule has 10 heteroatoms. The molecule has 0 aliphatic heterocycles. The van der Waals surface area contributed by atoms with Gasteiger partial charge in [-0.2, -0.15) is 13.2 Å². The van der Waals surface area contributed by atoms with Gasteiger partial charge in [0, 0.05) is 30.1 Å². The van der Waals surface area contributed by atoms with Crippen LogP contribution in [0.4, 0.5) is 13.2 Å². The van der Waals surface area contributed by atoms with E-state index in [9.17, 15) is 23.1 Å². The minimum Gasteiger partial charge on any atom is -0.475 e. The van der Waals surface area contributed by atoms with E-state index in [2.05, 4.69) is 21.6 Å². The van der Waals surface area contributed by atoms with Crippen LogP contribution in [0.2, 0.25) is 0 Å². The number of hydrogen-bond acceptors (Lipinski definition) is 7. The first-order valence-corrected chi connectivity index (χ1v) is 12.6. The van der Waals surface area contributed by atoms with Crippen LogP contribution in [-0.2, 0) is 35.2 Å². The highest BCUT2D eigenvalue weighted by Crippen LogP contribution is 2.38. The van der Waals surface area contributed by atoms with Gasteiger partial charge in [0.1, 0.15) is 13.2 Å². The minimum absolute atomic E-state index is 0.0606. The molecule has 0 amide bonds. The van der Waals surface area contributed by atoms with Crippen molar-refractivity contribution >= 4 is 6.47 Å². The Morgan fingerprint density at radius 1 is 1.03 bits per heavy atom. The van der Waals surface area contributed by atoms with Gasteiger partial charge in [0.15, 0.2) is 0 Å². The molecular formula is C29H33F3N2O5. The van der Waals surface area contributed by atoms with Gasteiger partial charge in [0.25, 0.3) is 6.47 Å². The molecule has 1 atom stereocenters. The third kappa shape index (κ3) is 8.95. The summed E-state index contributed by atoms with van der Waals surface area (Å²) in [6.45, 7) is 7.85. The lowest BCUT2D eigenvalue weighted by Gasteiger charge is -2.19. The summed E-state index contributed by atoms with van der Waals surface area (Å²) in [6.07, 6.45) is 0.385. The van der Waals surface area contributed by atoms with Gasteiger partial charge in [-0.1, -0.05) is 25.1 Å². The van der Waals surface area contributed by atoms with E-state index in [-0.39, 0.29) is 24.7 Å². The van der Waals surface area contributed by atoms with E-state index in [4.69, 9.17) is 9.47 Å². The third-order valence-corrected chi connectivity index (χ3v) is 5.81. The Morgan fingerprint density at radius 2 is 1.72 bits per heavy atom. The van der Waals surface area contributed by atoms with Crippen molar-refractivity contribution in [1.82, 2.24) is 9.97 Å². The molecule has 1 N–H and O–H groups in total. The van der Waals surface area contributed by atoms with Crippen LogP contribution in [0.25, 0.3) is 11.1 Å². The fourth-order valence-corrected chi connectivity index (χ4v) is 4.06. The van der Waals surface area contributed by atoms with E-state index >= 15 is 0 Å². The molecule has 1 aliphatic rings. The molecule has 0 spiro atoms. The Bertz CT molecular complexity index is 1260. The Hall–Kier alpha value is -3.66. The molecule has 3 aromatic rings. The maximum absolute atomic E-state index is 13.8. The number of rotatable bonds is 9. The van der Waals surface area contributed by atoms with Crippen molar-refractivity contribution < 1.29 is 37.3 Å². The largest absolute Gasteiger partial charge is 0.475 e. The van der Waals surface area contributed by atoms with Gasteiger partial charge >= 0.3 is 6.18 Å². The number of nitrogens with zero attached hydrogens (tertiary/aromatic N) is 2. The smallest absolute Gasteiger partial charge is 0.417 e. The monoisotopic (exact) mass is 546 g/mol. The van der Waals surface area contributed by atoms with Gasteiger partial charge in [0.05, 0.1) is 17.8 Å². The fourth-order valence-electron chi connectivity index (χ4n) is 4.06. The number of alkyl halides is 3. The van der Waals surface area contributed by atoms with Crippen LogP contribution < -0.4 is 9.47 Å². The standard InChI is InChI=1S/C26H27F3N2O3.C3H6O2/c1-16-7-19-10-23(30-12-20(19)8-16)33-14-17-5-4-6-18(9-17)21-13-31-24(34-15-25(2,3)32)11-22(21)26(27,28)29;1-2-5-3-4/h4-6,9-13,16,32H,7-8,14-15H2,1-3H3;3H,2H2,1H3. The van der Waals surface area contributed by atoms with Gasteiger partial charge < -0.3 is 19.3 Å². The van der Waals surface area contributed by atoms with Crippen molar-refractivity contribution in [1.29, 1.82) is 0 Å². The van der Waals surface area contributed by atoms with Crippen LogP contribution in [0.15, 0.2) is 48.8 Å². The first-order valence-electron chi connectivity index (χ1n) is 12.6. The SMILES string of the molecule is CC1Cc2cnc(OCc3cccc(-c4cnc(OCC(C)(C)O)cc4C(F)(F)F)c3)cc2C1.CCOC=O. The first-order chi connectivity index (χ1) is 18.4. The lowest BCUT2D eigenvalue weighted by molar-refractivity contribution is -0.137. The highest BCUT2D eigenvalue weighted by molar-refractivity contribution is 5.68. The molecule has 0 fully saturated rings. The van der Waals surface area contributed by atoms with Gasteiger partial charge in [-0.05, 0) is 67.9 Å². The molecule has 7 nitrogen and oxygen atoms in total. The van der Waals surface area contributed by atoms with Crippen LogP contribution >= 0.6 is 0 Å². The summed E-state index contributed by atoms with van der Waals surface area (Å²) in [6, 6.07) is 9.53. The zero-order chi connectivity index (χ0) is 28.6. The Morgan fingerprint density at radius 3 is 2.36 bits per heavy atom. The molecule has 39 heavy (non-hydrogen) atoms. The summed E-state index contributed by atoms with van der Waals surface area (Å²) in [7, 11) is 0. The molecule has 0 radical (unpaired) electrons. The van der Waals surface area contributed by atoms with E-state index in [1.807, 2.05) is 12.3 Å². The number of benzene rings is 1. The number of halogens is 3. The number of carbonyl (C=O) groups is 1. The number of aromatic nitrogens is 2. The van der Waals surface area contributed by atoms with Crippen molar-refractivity contribution in [3.05, 3.63) is 71.0 Å². The van der Waals surface area contributed by atoms with E-state index in [1.165, 1.54) is 25.0 Å². The number of carbonyl (C=O) groups excluding carboxylic acids is 1. The van der Waals surface area contributed by atoms with Crippen LogP contribution in [0.1, 0.15) is 49.9 Å². The molecule has 0 saturated heterocycles. The molecule has 4 rings (SSSR count). The Balaban J connectivity index is 0.000000771. The summed E-state index contributed by atoms with van der Waals surface area (Å²) in [5, 5.41) is 9.77. The molecule has 0 saturated carbocycles. The van der Waals surface area contributed by atoms with E-state index in [0.717, 1.165) is 25.1 Å². The van der Waals surface area contributed by atoms with Crippen molar-refractivity contribution in [2.45, 2.75) is 58.9 Å². The molecule has 1 aromatic carbocycles. The average molecular weight is 547 g/mol. The quantitative estimate of drug-likeness (QED) is 0.339. The summed E-state index contributed by atoms with van der Waals surface area (Å²) >= 11 is 0. The molecular weight excluding hydrogens is 513 g/mol. The molecule has 0 bridgehead atoms. The van der Waals surface area contributed by atoms with Gasteiger partial charge in [-0.15, -0.1) is 0 Å². The first kappa shape index (κ1) is 29.9. The van der Waals surface area contributed by atoms with Crippen molar-refractivity contribution in [2.24, 2.45) is 5.92 Å². The predicted octanol–water partition coefficient (Wildman–Crippen LogP) is 5.81. The zero-order valence-electron chi connectivity index (χ0n) is 22.4. The summed E-state index contributed by atoms with van der Waals surface area (Å²) in [5.74, 6) is 0.894. The van der Waals surface area contributed by atoms with Gasteiger partial charge in [-0.3, -0.25) is 4.79 Å². The van der Waals surface area contributed by atoms with Crippen LogP contribution in [0, 0.1) is 5.92 Å². The molecule has 210 valence electrons. The molecule has 1 unspecified atom stereocenters. The van der Waals surface area contributed by atoms with E-state index < -0.39 is 17.3 Å².